The first-order chi connectivity index (χ1) is 15.1. The molecule has 2 amide bonds. The molecule has 0 atom stereocenters. The molecule has 0 aliphatic carbocycles. The summed E-state index contributed by atoms with van der Waals surface area (Å²) in [6.07, 6.45) is 3.67. The highest BCUT2D eigenvalue weighted by Gasteiger charge is 2.35. The molecule has 0 saturated carbocycles. The van der Waals surface area contributed by atoms with E-state index < -0.39 is 0 Å². The molecule has 0 unspecified atom stereocenters. The summed E-state index contributed by atoms with van der Waals surface area (Å²) in [6.45, 7) is 5.16. The number of nitriles is 1. The Labute approximate surface area is 186 Å². The molecule has 0 N–H and O–H groups in total. The van der Waals surface area contributed by atoms with Gasteiger partial charge in [-0.05, 0) is 60.5 Å². The standard InChI is InChI=1S/C24H24N2O4S/c1-3-5-12-30-20-11-10-17(13-21(20)29-4-2)14-22-23(27)26(24(28)31-22)16-19-9-7-6-8-18(19)15-25/h6-11,13-14H,3-5,12,16H2,1-2H3/b22-14-. The van der Waals surface area contributed by atoms with Gasteiger partial charge in [0.15, 0.2) is 11.5 Å². The van der Waals surface area contributed by atoms with E-state index in [9.17, 15) is 14.9 Å². The number of thioether (sulfide) groups is 1. The van der Waals surface area contributed by atoms with Crippen LogP contribution in [0.2, 0.25) is 0 Å². The Morgan fingerprint density at radius 2 is 1.90 bits per heavy atom. The Hall–Kier alpha value is -3.24. The Morgan fingerprint density at radius 3 is 2.65 bits per heavy atom. The molecule has 0 aromatic heterocycles. The number of hydrogen-bond donors (Lipinski definition) is 0. The number of unbranched alkanes of at least 4 members (excludes halogenated alkanes) is 1. The number of benzene rings is 2. The molecule has 6 nitrogen and oxygen atoms in total. The lowest BCUT2D eigenvalue weighted by atomic mass is 10.1. The molecule has 160 valence electrons. The van der Waals surface area contributed by atoms with E-state index >= 15 is 0 Å². The van der Waals surface area contributed by atoms with E-state index in [2.05, 4.69) is 13.0 Å². The number of imide groups is 1. The second kappa shape index (κ2) is 10.7. The summed E-state index contributed by atoms with van der Waals surface area (Å²) in [7, 11) is 0. The van der Waals surface area contributed by atoms with E-state index in [1.807, 2.05) is 25.1 Å². The van der Waals surface area contributed by atoms with Gasteiger partial charge >= 0.3 is 0 Å². The molecular formula is C24H24N2O4S. The molecule has 7 heteroatoms. The molecule has 0 spiro atoms. The van der Waals surface area contributed by atoms with Gasteiger partial charge in [-0.25, -0.2) is 0 Å². The maximum atomic E-state index is 12.9. The van der Waals surface area contributed by atoms with Crippen LogP contribution in [0.4, 0.5) is 4.79 Å². The molecular weight excluding hydrogens is 412 g/mol. The van der Waals surface area contributed by atoms with Gasteiger partial charge in [-0.2, -0.15) is 5.26 Å². The van der Waals surface area contributed by atoms with Crippen molar-refractivity contribution in [2.75, 3.05) is 13.2 Å². The van der Waals surface area contributed by atoms with Crippen LogP contribution in [0.5, 0.6) is 11.5 Å². The first-order valence-electron chi connectivity index (χ1n) is 10.2. The number of carbonyl (C=O) groups excluding carboxylic acids is 2. The second-order valence-electron chi connectivity index (χ2n) is 6.88. The third-order valence-electron chi connectivity index (χ3n) is 4.66. The van der Waals surface area contributed by atoms with Gasteiger partial charge in [-0.1, -0.05) is 37.6 Å². The SMILES string of the molecule is CCCCOc1ccc(/C=C2\SC(=O)N(Cc3ccccc3C#N)C2=O)cc1OCC. The summed E-state index contributed by atoms with van der Waals surface area (Å²) in [5.41, 5.74) is 1.83. The van der Waals surface area contributed by atoms with E-state index in [-0.39, 0.29) is 17.7 Å². The van der Waals surface area contributed by atoms with Crippen LogP contribution in [-0.2, 0) is 11.3 Å². The van der Waals surface area contributed by atoms with Gasteiger partial charge < -0.3 is 9.47 Å². The van der Waals surface area contributed by atoms with Crippen molar-refractivity contribution in [3.63, 3.8) is 0 Å². The molecule has 1 heterocycles. The minimum atomic E-state index is -0.371. The lowest BCUT2D eigenvalue weighted by molar-refractivity contribution is -0.123. The minimum Gasteiger partial charge on any atom is -0.490 e. The summed E-state index contributed by atoms with van der Waals surface area (Å²) >= 11 is 0.893. The third kappa shape index (κ3) is 5.47. The maximum Gasteiger partial charge on any atom is 0.293 e. The normalized spacial score (nSPS) is 14.7. The van der Waals surface area contributed by atoms with Crippen LogP contribution in [-0.4, -0.2) is 29.3 Å². The van der Waals surface area contributed by atoms with Gasteiger partial charge in [0.05, 0.1) is 36.3 Å². The molecule has 1 fully saturated rings. The molecule has 3 rings (SSSR count). The first-order valence-corrected chi connectivity index (χ1v) is 11.0. The van der Waals surface area contributed by atoms with Gasteiger partial charge in [0, 0.05) is 0 Å². The molecule has 31 heavy (non-hydrogen) atoms. The number of ether oxygens (including phenoxy) is 2. The van der Waals surface area contributed by atoms with Crippen molar-refractivity contribution in [3.05, 3.63) is 64.1 Å². The molecule has 0 bridgehead atoms. The van der Waals surface area contributed by atoms with Crippen LogP contribution in [0, 0.1) is 11.3 Å². The van der Waals surface area contributed by atoms with Crippen LogP contribution in [0.1, 0.15) is 43.4 Å². The van der Waals surface area contributed by atoms with Gasteiger partial charge in [0.2, 0.25) is 0 Å². The Bertz CT molecular complexity index is 1040. The fourth-order valence-corrected chi connectivity index (χ4v) is 3.89. The molecule has 2 aromatic carbocycles. The van der Waals surface area contributed by atoms with Crippen molar-refractivity contribution in [2.45, 2.75) is 33.2 Å². The minimum absolute atomic E-state index is 0.0696. The average molecular weight is 437 g/mol. The van der Waals surface area contributed by atoms with Crippen LogP contribution < -0.4 is 9.47 Å². The fourth-order valence-electron chi connectivity index (χ4n) is 3.05. The Balaban J connectivity index is 1.80. The number of nitrogens with zero attached hydrogens (tertiary/aromatic N) is 2. The van der Waals surface area contributed by atoms with Crippen molar-refractivity contribution in [3.8, 4) is 17.6 Å². The van der Waals surface area contributed by atoms with Gasteiger partial charge in [-0.3, -0.25) is 14.5 Å². The second-order valence-corrected chi connectivity index (χ2v) is 7.87. The Morgan fingerprint density at radius 1 is 1.10 bits per heavy atom. The molecule has 2 aromatic rings. The highest BCUT2D eigenvalue weighted by Crippen LogP contribution is 2.35. The number of carbonyl (C=O) groups is 2. The Kier molecular flexibility index (Phi) is 7.74. The van der Waals surface area contributed by atoms with Gasteiger partial charge in [-0.15, -0.1) is 0 Å². The van der Waals surface area contributed by atoms with Crippen molar-refractivity contribution < 1.29 is 19.1 Å². The van der Waals surface area contributed by atoms with Crippen molar-refractivity contribution in [2.24, 2.45) is 0 Å². The summed E-state index contributed by atoms with van der Waals surface area (Å²) < 4.78 is 11.5. The monoisotopic (exact) mass is 436 g/mol. The van der Waals surface area contributed by atoms with E-state index in [0.29, 0.717) is 40.7 Å². The van der Waals surface area contributed by atoms with E-state index in [1.165, 1.54) is 4.90 Å². The van der Waals surface area contributed by atoms with Crippen molar-refractivity contribution in [1.82, 2.24) is 4.90 Å². The highest BCUT2D eigenvalue weighted by molar-refractivity contribution is 8.18. The van der Waals surface area contributed by atoms with Crippen molar-refractivity contribution >= 4 is 29.0 Å². The van der Waals surface area contributed by atoms with Crippen LogP contribution >= 0.6 is 11.8 Å². The van der Waals surface area contributed by atoms with Crippen molar-refractivity contribution in [1.29, 1.82) is 5.26 Å². The summed E-state index contributed by atoms with van der Waals surface area (Å²) in [4.78, 5) is 26.8. The zero-order valence-electron chi connectivity index (χ0n) is 17.6. The van der Waals surface area contributed by atoms with E-state index in [4.69, 9.17) is 9.47 Å². The average Bonchev–Trinajstić information content (AvgIpc) is 3.03. The largest absolute Gasteiger partial charge is 0.490 e. The lowest BCUT2D eigenvalue weighted by Crippen LogP contribution is -2.27. The predicted molar refractivity (Wildman–Crippen MR) is 121 cm³/mol. The van der Waals surface area contributed by atoms with Gasteiger partial charge in [0.25, 0.3) is 11.1 Å². The molecule has 1 aliphatic heterocycles. The zero-order valence-corrected chi connectivity index (χ0v) is 18.4. The number of amides is 2. The third-order valence-corrected chi connectivity index (χ3v) is 5.57. The van der Waals surface area contributed by atoms with E-state index in [0.717, 1.165) is 30.2 Å². The summed E-state index contributed by atoms with van der Waals surface area (Å²) in [5, 5.41) is 8.90. The molecule has 1 saturated heterocycles. The van der Waals surface area contributed by atoms with Gasteiger partial charge in [0.1, 0.15) is 0 Å². The predicted octanol–water partition coefficient (Wildman–Crippen LogP) is 5.37. The maximum absolute atomic E-state index is 12.9. The fraction of sp³-hybridized carbons (Fsp3) is 0.292. The smallest absolute Gasteiger partial charge is 0.293 e. The topological polar surface area (TPSA) is 79.6 Å². The highest BCUT2D eigenvalue weighted by atomic mass is 32.2. The lowest BCUT2D eigenvalue weighted by Gasteiger charge is -2.13. The zero-order chi connectivity index (χ0) is 22.2. The summed E-state index contributed by atoms with van der Waals surface area (Å²) in [6, 6.07) is 14.5. The van der Waals surface area contributed by atoms with Crippen LogP contribution in [0.3, 0.4) is 0 Å². The van der Waals surface area contributed by atoms with Crippen LogP contribution in [0.25, 0.3) is 6.08 Å². The summed E-state index contributed by atoms with van der Waals surface area (Å²) in [5.74, 6) is 0.896. The number of rotatable bonds is 9. The quantitative estimate of drug-likeness (QED) is 0.388. The molecule has 0 radical (unpaired) electrons. The van der Waals surface area contributed by atoms with E-state index in [1.54, 1.807) is 30.3 Å². The molecule has 1 aliphatic rings. The van der Waals surface area contributed by atoms with Crippen LogP contribution in [0.15, 0.2) is 47.4 Å². The number of hydrogen-bond acceptors (Lipinski definition) is 6. The first kappa shape index (κ1) is 22.4.